The quantitative estimate of drug-likeness (QED) is 0.720. The maximum absolute atomic E-state index is 11.7. The molecule has 1 aromatic carbocycles. The molecule has 2 heterocycles. The number of ether oxygens (including phenoxy) is 2. The molecule has 0 saturated heterocycles. The lowest BCUT2D eigenvalue weighted by Crippen LogP contribution is -2.11. The van der Waals surface area contributed by atoms with Crippen LogP contribution in [0.2, 0.25) is 0 Å². The fourth-order valence-electron chi connectivity index (χ4n) is 1.85. The van der Waals surface area contributed by atoms with Gasteiger partial charge in [0.15, 0.2) is 11.5 Å². The van der Waals surface area contributed by atoms with Gasteiger partial charge >= 0.3 is 0 Å². The highest BCUT2D eigenvalue weighted by atomic mass is 16.7. The van der Waals surface area contributed by atoms with Gasteiger partial charge in [-0.25, -0.2) is 0 Å². The average molecular weight is 218 g/mol. The van der Waals surface area contributed by atoms with Crippen LogP contribution in [-0.2, 0) is 6.54 Å². The lowest BCUT2D eigenvalue weighted by molar-refractivity contribution is 0.174. The van der Waals surface area contributed by atoms with E-state index in [1.165, 1.54) is 6.20 Å². The number of aromatic nitrogens is 2. The van der Waals surface area contributed by atoms with E-state index in [0.717, 1.165) is 5.52 Å². The number of fused-ring (bicyclic) bond motifs is 2. The van der Waals surface area contributed by atoms with Crippen LogP contribution in [0.4, 0.5) is 0 Å². The van der Waals surface area contributed by atoms with Crippen molar-refractivity contribution in [3.63, 3.8) is 0 Å². The number of aryl methyl sites for hydroxylation is 1. The largest absolute Gasteiger partial charge is 0.454 e. The molecule has 0 amide bonds. The van der Waals surface area contributed by atoms with Crippen molar-refractivity contribution in [2.75, 3.05) is 6.79 Å². The maximum Gasteiger partial charge on any atom is 0.231 e. The zero-order valence-electron chi connectivity index (χ0n) is 8.77. The standard InChI is InChI=1S/C11H10N2O3/c1-2-13-8-4-11-10(15-6-16-11)3-7(8)9(14)5-12-13/h3-5H,2,6H2,1H3. The molecule has 0 N–H and O–H groups in total. The van der Waals surface area contributed by atoms with Crippen LogP contribution in [0.1, 0.15) is 6.92 Å². The van der Waals surface area contributed by atoms with E-state index in [1.54, 1.807) is 16.8 Å². The molecule has 1 aliphatic heterocycles. The first-order valence-electron chi connectivity index (χ1n) is 5.09. The summed E-state index contributed by atoms with van der Waals surface area (Å²) >= 11 is 0. The Balaban J connectivity index is 2.42. The van der Waals surface area contributed by atoms with Gasteiger partial charge in [0, 0.05) is 12.6 Å². The fraction of sp³-hybridized carbons (Fsp3) is 0.273. The van der Waals surface area contributed by atoms with Gasteiger partial charge in [0.2, 0.25) is 12.2 Å². The van der Waals surface area contributed by atoms with Gasteiger partial charge in [0.05, 0.1) is 17.1 Å². The highest BCUT2D eigenvalue weighted by Crippen LogP contribution is 2.34. The summed E-state index contributed by atoms with van der Waals surface area (Å²) in [4.78, 5) is 11.7. The van der Waals surface area contributed by atoms with E-state index in [9.17, 15) is 4.79 Å². The van der Waals surface area contributed by atoms with Gasteiger partial charge in [0.25, 0.3) is 0 Å². The van der Waals surface area contributed by atoms with E-state index >= 15 is 0 Å². The molecule has 0 atom stereocenters. The zero-order chi connectivity index (χ0) is 11.1. The van der Waals surface area contributed by atoms with E-state index in [0.29, 0.717) is 23.4 Å². The van der Waals surface area contributed by atoms with E-state index in [4.69, 9.17) is 9.47 Å². The van der Waals surface area contributed by atoms with Gasteiger partial charge in [-0.05, 0) is 13.0 Å². The normalized spacial score (nSPS) is 13.3. The molecular weight excluding hydrogens is 208 g/mol. The summed E-state index contributed by atoms with van der Waals surface area (Å²) in [5, 5.41) is 4.67. The van der Waals surface area contributed by atoms with Crippen LogP contribution < -0.4 is 14.9 Å². The minimum absolute atomic E-state index is 0.0991. The Hall–Kier alpha value is -2.04. The molecule has 0 spiro atoms. The molecule has 1 aromatic heterocycles. The molecule has 5 heteroatoms. The van der Waals surface area contributed by atoms with Crippen LogP contribution in [0.15, 0.2) is 23.1 Å². The molecule has 0 bridgehead atoms. The summed E-state index contributed by atoms with van der Waals surface area (Å²) in [5.74, 6) is 1.29. The van der Waals surface area contributed by atoms with Crippen molar-refractivity contribution >= 4 is 10.9 Å². The molecule has 82 valence electrons. The first-order chi connectivity index (χ1) is 7.79. The minimum Gasteiger partial charge on any atom is -0.454 e. The second-order valence-corrected chi connectivity index (χ2v) is 3.55. The highest BCUT2D eigenvalue weighted by molar-refractivity contribution is 5.82. The Morgan fingerprint density at radius 2 is 2.12 bits per heavy atom. The molecule has 0 radical (unpaired) electrons. The minimum atomic E-state index is -0.0991. The third kappa shape index (κ3) is 1.18. The van der Waals surface area contributed by atoms with Gasteiger partial charge in [0.1, 0.15) is 0 Å². The third-order valence-electron chi connectivity index (χ3n) is 2.65. The smallest absolute Gasteiger partial charge is 0.231 e. The zero-order valence-corrected chi connectivity index (χ0v) is 8.77. The second kappa shape index (κ2) is 3.23. The topological polar surface area (TPSA) is 53.4 Å². The third-order valence-corrected chi connectivity index (χ3v) is 2.65. The average Bonchev–Trinajstić information content (AvgIpc) is 2.75. The van der Waals surface area contributed by atoms with Crippen LogP contribution in [0, 0.1) is 0 Å². The number of hydrogen-bond donors (Lipinski definition) is 0. The van der Waals surface area contributed by atoms with Crippen molar-refractivity contribution in [3.05, 3.63) is 28.6 Å². The Kier molecular flexibility index (Phi) is 1.86. The predicted molar refractivity (Wildman–Crippen MR) is 57.8 cm³/mol. The molecular formula is C11H10N2O3. The number of nitrogens with zero attached hydrogens (tertiary/aromatic N) is 2. The van der Waals surface area contributed by atoms with Crippen molar-refractivity contribution in [1.82, 2.24) is 9.78 Å². The van der Waals surface area contributed by atoms with Crippen molar-refractivity contribution in [3.8, 4) is 11.5 Å². The number of benzene rings is 1. The Labute approximate surface area is 91.2 Å². The summed E-state index contributed by atoms with van der Waals surface area (Å²) in [6.45, 7) is 2.89. The van der Waals surface area contributed by atoms with Gasteiger partial charge in [-0.3, -0.25) is 9.48 Å². The Bertz CT molecular complexity index is 618. The molecule has 1 aliphatic rings. The van der Waals surface area contributed by atoms with Crippen molar-refractivity contribution in [2.24, 2.45) is 0 Å². The maximum atomic E-state index is 11.7. The summed E-state index contributed by atoms with van der Waals surface area (Å²) in [7, 11) is 0. The molecule has 0 unspecified atom stereocenters. The predicted octanol–water partition coefficient (Wildman–Crippen LogP) is 1.15. The van der Waals surface area contributed by atoms with Gasteiger partial charge in [-0.15, -0.1) is 0 Å². The van der Waals surface area contributed by atoms with Crippen molar-refractivity contribution in [1.29, 1.82) is 0 Å². The van der Waals surface area contributed by atoms with Gasteiger partial charge in [-0.2, -0.15) is 5.10 Å². The van der Waals surface area contributed by atoms with Crippen LogP contribution in [-0.4, -0.2) is 16.6 Å². The summed E-state index contributed by atoms with van der Waals surface area (Å²) in [5.41, 5.74) is 0.678. The Morgan fingerprint density at radius 1 is 1.38 bits per heavy atom. The number of hydrogen-bond acceptors (Lipinski definition) is 4. The van der Waals surface area contributed by atoms with Crippen LogP contribution in [0.3, 0.4) is 0 Å². The molecule has 0 saturated carbocycles. The fourth-order valence-corrected chi connectivity index (χ4v) is 1.85. The van der Waals surface area contributed by atoms with Crippen LogP contribution in [0.5, 0.6) is 11.5 Å². The van der Waals surface area contributed by atoms with Crippen molar-refractivity contribution in [2.45, 2.75) is 13.5 Å². The lowest BCUT2D eigenvalue weighted by Gasteiger charge is -2.06. The molecule has 5 nitrogen and oxygen atoms in total. The van der Waals surface area contributed by atoms with Gasteiger partial charge in [-0.1, -0.05) is 0 Å². The molecule has 3 rings (SSSR count). The molecule has 0 fully saturated rings. The van der Waals surface area contributed by atoms with E-state index < -0.39 is 0 Å². The van der Waals surface area contributed by atoms with Crippen LogP contribution in [0.25, 0.3) is 10.9 Å². The van der Waals surface area contributed by atoms with E-state index in [1.807, 2.05) is 6.92 Å². The summed E-state index contributed by atoms with van der Waals surface area (Å²) < 4.78 is 12.3. The monoisotopic (exact) mass is 218 g/mol. The molecule has 2 aromatic rings. The number of rotatable bonds is 1. The van der Waals surface area contributed by atoms with E-state index in [2.05, 4.69) is 5.10 Å². The molecule has 0 aliphatic carbocycles. The summed E-state index contributed by atoms with van der Waals surface area (Å²) in [6, 6.07) is 3.52. The lowest BCUT2D eigenvalue weighted by atomic mass is 10.2. The van der Waals surface area contributed by atoms with Gasteiger partial charge < -0.3 is 9.47 Å². The first kappa shape index (κ1) is 9.21. The summed E-state index contributed by atoms with van der Waals surface area (Å²) in [6.07, 6.45) is 1.33. The van der Waals surface area contributed by atoms with Crippen molar-refractivity contribution < 1.29 is 9.47 Å². The SMILES string of the molecule is CCn1ncc(=O)c2cc3c(cc21)OCO3. The first-order valence-corrected chi connectivity index (χ1v) is 5.09. The Morgan fingerprint density at radius 3 is 2.88 bits per heavy atom. The van der Waals surface area contributed by atoms with Crippen LogP contribution >= 0.6 is 0 Å². The second-order valence-electron chi connectivity index (χ2n) is 3.55. The van der Waals surface area contributed by atoms with E-state index in [-0.39, 0.29) is 12.2 Å². The highest BCUT2D eigenvalue weighted by Gasteiger charge is 2.16. The molecule has 16 heavy (non-hydrogen) atoms.